The Bertz CT molecular complexity index is 669. The van der Waals surface area contributed by atoms with Gasteiger partial charge in [-0.25, -0.2) is 4.39 Å². The van der Waals surface area contributed by atoms with Crippen LogP contribution in [0.4, 0.5) is 10.1 Å². The van der Waals surface area contributed by atoms with Crippen LogP contribution in [0.1, 0.15) is 22.7 Å². The third kappa shape index (κ3) is 2.85. The van der Waals surface area contributed by atoms with Crippen molar-refractivity contribution in [3.63, 3.8) is 0 Å². The van der Waals surface area contributed by atoms with Gasteiger partial charge in [0.05, 0.1) is 6.04 Å². The maximum Gasteiger partial charge on any atom is 0.125 e. The second-order valence-electron chi connectivity index (χ2n) is 6.13. The quantitative estimate of drug-likeness (QED) is 0.942. The molecule has 0 aromatic heterocycles. The molecule has 1 aliphatic rings. The zero-order chi connectivity index (χ0) is 15.7. The average Bonchev–Trinajstić information content (AvgIpc) is 2.84. The summed E-state index contributed by atoms with van der Waals surface area (Å²) in [5.74, 6) is -0.211. The van der Waals surface area contributed by atoms with Crippen LogP contribution in [0, 0.1) is 5.82 Å². The van der Waals surface area contributed by atoms with Crippen LogP contribution in [0.25, 0.3) is 0 Å². The maximum absolute atomic E-state index is 13.5. The molecule has 2 N–H and O–H groups in total. The highest BCUT2D eigenvalue weighted by atomic mass is 19.1. The molecule has 0 saturated heterocycles. The lowest BCUT2D eigenvalue weighted by molar-refractivity contribution is 0.402. The topological polar surface area (TPSA) is 32.5 Å². The first-order chi connectivity index (χ1) is 10.6. The number of hydrogen-bond donors (Lipinski definition) is 1. The van der Waals surface area contributed by atoms with Crippen molar-refractivity contribution in [2.45, 2.75) is 19.1 Å². The molecule has 4 heteroatoms. The maximum atomic E-state index is 13.5. The van der Waals surface area contributed by atoms with Crippen molar-refractivity contribution in [2.75, 3.05) is 25.5 Å². The minimum absolute atomic E-state index is 0.110. The largest absolute Gasteiger partial charge is 0.359 e. The molecular weight excluding hydrogens is 277 g/mol. The number of anilines is 1. The standard InChI is InChI=1S/C18H22FN3/c1-21(2)11-13-6-7-14-12-22(18(10-20)17(14)8-13)16-5-3-4-15(19)9-16/h3-9,18H,10-12,20H2,1-2H3. The van der Waals surface area contributed by atoms with E-state index in [2.05, 4.69) is 42.1 Å². The summed E-state index contributed by atoms with van der Waals surface area (Å²) in [6.07, 6.45) is 0. The van der Waals surface area contributed by atoms with E-state index >= 15 is 0 Å². The molecule has 3 rings (SSSR count). The summed E-state index contributed by atoms with van der Waals surface area (Å²) in [6.45, 7) is 2.21. The lowest BCUT2D eigenvalue weighted by Crippen LogP contribution is -2.27. The highest BCUT2D eigenvalue weighted by Crippen LogP contribution is 2.37. The number of rotatable bonds is 4. The summed E-state index contributed by atoms with van der Waals surface area (Å²) in [5.41, 5.74) is 10.7. The molecule has 0 bridgehead atoms. The van der Waals surface area contributed by atoms with Crippen molar-refractivity contribution >= 4 is 5.69 Å². The molecule has 2 aromatic rings. The molecule has 0 amide bonds. The van der Waals surface area contributed by atoms with Crippen LogP contribution in [0.2, 0.25) is 0 Å². The molecule has 2 aromatic carbocycles. The van der Waals surface area contributed by atoms with Gasteiger partial charge in [-0.3, -0.25) is 0 Å². The number of hydrogen-bond acceptors (Lipinski definition) is 3. The van der Waals surface area contributed by atoms with Crippen LogP contribution >= 0.6 is 0 Å². The Hall–Kier alpha value is -1.91. The normalized spacial score (nSPS) is 17.1. The van der Waals surface area contributed by atoms with E-state index in [1.54, 1.807) is 12.1 Å². The van der Waals surface area contributed by atoms with E-state index in [1.165, 1.54) is 22.8 Å². The Morgan fingerprint density at radius 2 is 2.05 bits per heavy atom. The Balaban J connectivity index is 1.94. The molecule has 1 aliphatic heterocycles. The van der Waals surface area contributed by atoms with E-state index in [9.17, 15) is 4.39 Å². The van der Waals surface area contributed by atoms with Gasteiger partial charge in [-0.05, 0) is 49.0 Å². The van der Waals surface area contributed by atoms with Crippen LogP contribution in [0.5, 0.6) is 0 Å². The van der Waals surface area contributed by atoms with Crippen LogP contribution < -0.4 is 10.6 Å². The molecule has 0 radical (unpaired) electrons. The van der Waals surface area contributed by atoms with Crippen LogP contribution in [-0.4, -0.2) is 25.5 Å². The molecule has 0 saturated carbocycles. The lowest BCUT2D eigenvalue weighted by Gasteiger charge is -2.26. The molecule has 0 spiro atoms. The number of nitrogens with two attached hydrogens (primary N) is 1. The second kappa shape index (κ2) is 6.07. The van der Waals surface area contributed by atoms with Gasteiger partial charge < -0.3 is 15.5 Å². The van der Waals surface area contributed by atoms with E-state index in [0.717, 1.165) is 18.8 Å². The lowest BCUT2D eigenvalue weighted by atomic mass is 10.0. The highest BCUT2D eigenvalue weighted by Gasteiger charge is 2.29. The number of nitrogens with zero attached hydrogens (tertiary/aromatic N) is 2. The van der Waals surface area contributed by atoms with Gasteiger partial charge >= 0.3 is 0 Å². The molecule has 116 valence electrons. The van der Waals surface area contributed by atoms with Gasteiger partial charge in [-0.1, -0.05) is 24.3 Å². The summed E-state index contributed by atoms with van der Waals surface area (Å²) in [6, 6.07) is 13.4. The van der Waals surface area contributed by atoms with Crippen LogP contribution in [0.3, 0.4) is 0 Å². The third-order valence-corrected chi connectivity index (χ3v) is 4.15. The minimum Gasteiger partial charge on any atom is -0.359 e. The molecular formula is C18H22FN3. The summed E-state index contributed by atoms with van der Waals surface area (Å²) < 4.78 is 13.5. The predicted octanol–water partition coefficient (Wildman–Crippen LogP) is 2.91. The fourth-order valence-corrected chi connectivity index (χ4v) is 3.20. The predicted molar refractivity (Wildman–Crippen MR) is 88.2 cm³/mol. The van der Waals surface area contributed by atoms with Gasteiger partial charge in [0.1, 0.15) is 5.82 Å². The Kier molecular flexibility index (Phi) is 4.14. The van der Waals surface area contributed by atoms with E-state index in [4.69, 9.17) is 5.73 Å². The number of benzene rings is 2. The van der Waals surface area contributed by atoms with Gasteiger partial charge in [0.25, 0.3) is 0 Å². The molecule has 3 nitrogen and oxygen atoms in total. The summed E-state index contributed by atoms with van der Waals surface area (Å²) in [5, 5.41) is 0. The van der Waals surface area contributed by atoms with Crippen molar-refractivity contribution in [1.82, 2.24) is 4.90 Å². The number of fused-ring (bicyclic) bond motifs is 1. The Labute approximate surface area is 131 Å². The van der Waals surface area contributed by atoms with Gasteiger partial charge in [0.15, 0.2) is 0 Å². The molecule has 0 fully saturated rings. The second-order valence-corrected chi connectivity index (χ2v) is 6.13. The van der Waals surface area contributed by atoms with Gasteiger partial charge in [0.2, 0.25) is 0 Å². The van der Waals surface area contributed by atoms with Gasteiger partial charge in [0, 0.05) is 25.3 Å². The van der Waals surface area contributed by atoms with E-state index in [0.29, 0.717) is 6.54 Å². The zero-order valence-corrected chi connectivity index (χ0v) is 13.1. The zero-order valence-electron chi connectivity index (χ0n) is 13.1. The van der Waals surface area contributed by atoms with E-state index in [-0.39, 0.29) is 11.9 Å². The van der Waals surface area contributed by atoms with E-state index < -0.39 is 0 Å². The van der Waals surface area contributed by atoms with Gasteiger partial charge in [-0.15, -0.1) is 0 Å². The first-order valence-corrected chi connectivity index (χ1v) is 7.57. The summed E-state index contributed by atoms with van der Waals surface area (Å²) in [4.78, 5) is 4.34. The first-order valence-electron chi connectivity index (χ1n) is 7.57. The van der Waals surface area contributed by atoms with Gasteiger partial charge in [-0.2, -0.15) is 0 Å². The fraction of sp³-hybridized carbons (Fsp3) is 0.333. The van der Waals surface area contributed by atoms with Crippen molar-refractivity contribution in [3.8, 4) is 0 Å². The monoisotopic (exact) mass is 299 g/mol. The average molecular weight is 299 g/mol. The molecule has 1 atom stereocenters. The highest BCUT2D eigenvalue weighted by molar-refractivity contribution is 5.55. The fourth-order valence-electron chi connectivity index (χ4n) is 3.20. The minimum atomic E-state index is -0.211. The summed E-state index contributed by atoms with van der Waals surface area (Å²) in [7, 11) is 4.12. The smallest absolute Gasteiger partial charge is 0.125 e. The molecule has 22 heavy (non-hydrogen) atoms. The van der Waals surface area contributed by atoms with Crippen molar-refractivity contribution < 1.29 is 4.39 Å². The summed E-state index contributed by atoms with van der Waals surface area (Å²) >= 11 is 0. The number of halogens is 1. The van der Waals surface area contributed by atoms with Crippen LogP contribution in [0.15, 0.2) is 42.5 Å². The first kappa shape index (κ1) is 15.0. The van der Waals surface area contributed by atoms with E-state index in [1.807, 2.05) is 6.07 Å². The SMILES string of the molecule is CN(C)Cc1ccc2c(c1)C(CN)N(c1cccc(F)c1)C2. The van der Waals surface area contributed by atoms with Crippen molar-refractivity contribution in [2.24, 2.45) is 5.73 Å². The molecule has 0 aliphatic carbocycles. The molecule has 1 unspecified atom stereocenters. The van der Waals surface area contributed by atoms with Crippen molar-refractivity contribution in [3.05, 3.63) is 65.0 Å². The Morgan fingerprint density at radius 1 is 1.23 bits per heavy atom. The van der Waals surface area contributed by atoms with Crippen molar-refractivity contribution in [1.29, 1.82) is 0 Å². The molecule has 1 heterocycles. The Morgan fingerprint density at radius 3 is 2.73 bits per heavy atom. The third-order valence-electron chi connectivity index (χ3n) is 4.15. The van der Waals surface area contributed by atoms with Crippen LogP contribution in [-0.2, 0) is 13.1 Å².